The number of halogens is 3. The van der Waals surface area contributed by atoms with Gasteiger partial charge in [0.2, 0.25) is 5.95 Å². The summed E-state index contributed by atoms with van der Waals surface area (Å²) in [6.45, 7) is 3.99. The number of unbranched alkanes of at least 4 members (excludes halogenated alkanes) is 1. The fraction of sp³-hybridized carbons (Fsp3) is 0.290. The maximum absolute atomic E-state index is 14.7. The summed E-state index contributed by atoms with van der Waals surface area (Å²) in [6, 6.07) is 20.0. The maximum Gasteiger partial charge on any atom is 0.227 e. The molecule has 4 nitrogen and oxygen atoms in total. The minimum absolute atomic E-state index is 0. The lowest BCUT2D eigenvalue weighted by Gasteiger charge is -2.27. The van der Waals surface area contributed by atoms with Gasteiger partial charge in [-0.2, -0.15) is 0 Å². The summed E-state index contributed by atoms with van der Waals surface area (Å²) in [5.74, 6) is -0.0412. The Morgan fingerprint density at radius 2 is 1.71 bits per heavy atom. The summed E-state index contributed by atoms with van der Waals surface area (Å²) in [6.07, 6.45) is 5.37. The van der Waals surface area contributed by atoms with Gasteiger partial charge in [0.25, 0.3) is 0 Å². The van der Waals surface area contributed by atoms with Crippen molar-refractivity contribution in [1.29, 1.82) is 0 Å². The number of rotatable bonds is 9. The molecule has 0 spiro atoms. The smallest absolute Gasteiger partial charge is 0.227 e. The molecule has 0 saturated heterocycles. The van der Waals surface area contributed by atoms with Gasteiger partial charge in [-0.25, -0.2) is 18.7 Å². The topological polar surface area (TPSA) is 41.0 Å². The molecule has 0 unspecified atom stereocenters. The summed E-state index contributed by atoms with van der Waals surface area (Å²) in [5.41, 5.74) is 5.97. The molecule has 1 N–H and O–H groups in total. The van der Waals surface area contributed by atoms with Gasteiger partial charge in [0.15, 0.2) is 0 Å². The van der Waals surface area contributed by atoms with E-state index in [1.54, 1.807) is 12.1 Å². The van der Waals surface area contributed by atoms with Gasteiger partial charge in [-0.3, -0.25) is 0 Å². The number of nitrogens with one attached hydrogen (secondary N) is 1. The molecule has 3 aromatic carbocycles. The fourth-order valence-corrected chi connectivity index (χ4v) is 5.06. The van der Waals surface area contributed by atoms with E-state index in [0.29, 0.717) is 29.9 Å². The van der Waals surface area contributed by atoms with Crippen LogP contribution in [0, 0.1) is 11.6 Å². The summed E-state index contributed by atoms with van der Waals surface area (Å²) in [7, 11) is 2.07. The normalized spacial score (nSPS) is 14.0. The average Bonchev–Trinajstić information content (AvgIpc) is 2.92. The fourth-order valence-electron chi connectivity index (χ4n) is 5.06. The number of anilines is 2. The predicted octanol–water partition coefficient (Wildman–Crippen LogP) is 7.55. The van der Waals surface area contributed by atoms with Crippen LogP contribution in [-0.4, -0.2) is 35.0 Å². The van der Waals surface area contributed by atoms with Crippen molar-refractivity contribution >= 4 is 24.0 Å². The van der Waals surface area contributed by atoms with Gasteiger partial charge in [-0.1, -0.05) is 55.8 Å². The lowest BCUT2D eigenvalue weighted by molar-refractivity contribution is 0.330. The second-order valence-corrected chi connectivity index (χ2v) is 9.77. The summed E-state index contributed by atoms with van der Waals surface area (Å²) < 4.78 is 29.2. The largest absolute Gasteiger partial charge is 0.324 e. The highest BCUT2D eigenvalue weighted by molar-refractivity contribution is 5.85. The first-order valence-corrected chi connectivity index (χ1v) is 13.0. The summed E-state index contributed by atoms with van der Waals surface area (Å²) >= 11 is 0. The number of fused-ring (bicyclic) bond motifs is 3. The van der Waals surface area contributed by atoms with E-state index in [2.05, 4.69) is 29.2 Å². The van der Waals surface area contributed by atoms with Crippen LogP contribution in [0.15, 0.2) is 72.9 Å². The molecule has 1 aromatic heterocycles. The van der Waals surface area contributed by atoms with Crippen molar-refractivity contribution in [2.24, 2.45) is 0 Å². The first-order valence-electron chi connectivity index (χ1n) is 13.0. The third-order valence-corrected chi connectivity index (χ3v) is 7.12. The molecule has 1 aliphatic rings. The Morgan fingerprint density at radius 1 is 0.947 bits per heavy atom. The molecule has 0 aliphatic heterocycles. The Bertz CT molecular complexity index is 1390. The van der Waals surface area contributed by atoms with Crippen LogP contribution in [0.1, 0.15) is 47.9 Å². The molecular formula is C31H33ClF2N4. The zero-order chi connectivity index (χ0) is 25.8. The van der Waals surface area contributed by atoms with Crippen LogP contribution in [0.4, 0.5) is 20.4 Å². The zero-order valence-corrected chi connectivity index (χ0v) is 22.6. The first-order chi connectivity index (χ1) is 18.0. The monoisotopic (exact) mass is 534 g/mol. The Morgan fingerprint density at radius 3 is 2.50 bits per heavy atom. The molecule has 1 atom stereocenters. The van der Waals surface area contributed by atoms with Crippen molar-refractivity contribution in [3.05, 3.63) is 107 Å². The third kappa shape index (κ3) is 6.03. The minimum Gasteiger partial charge on any atom is -0.324 e. The molecule has 198 valence electrons. The van der Waals surface area contributed by atoms with Gasteiger partial charge >= 0.3 is 0 Å². The lowest BCUT2D eigenvalue weighted by atomic mass is 9.78. The number of hydrogen-bond acceptors (Lipinski definition) is 4. The molecular weight excluding hydrogens is 502 g/mol. The van der Waals surface area contributed by atoms with Gasteiger partial charge in [0.05, 0.1) is 5.69 Å². The number of nitrogens with zero attached hydrogens (tertiary/aromatic N) is 3. The van der Waals surface area contributed by atoms with E-state index in [-0.39, 0.29) is 30.0 Å². The standard InChI is InChI=1S/C31H32F2N4.ClH/c1-3-4-16-37(2)17-15-21-18-23(13-14-28(21)32)35-31-34-20-22-19-27(25-10-7-8-12-29(25)33)24-9-5-6-11-26(24)30(22)36-31;/h5-14,18,20,27H,3-4,15-17,19H2,1-2H3,(H,34,35,36);1H/t27-;/m1./s1. The first kappa shape index (κ1) is 27.7. The quantitative estimate of drug-likeness (QED) is 0.241. The van der Waals surface area contributed by atoms with E-state index in [0.717, 1.165) is 54.0 Å². The molecule has 4 aromatic rings. The molecule has 0 fully saturated rings. The van der Waals surface area contributed by atoms with E-state index in [1.807, 2.05) is 48.7 Å². The Kier molecular flexibility index (Phi) is 9.08. The van der Waals surface area contributed by atoms with E-state index in [1.165, 1.54) is 12.1 Å². The van der Waals surface area contributed by atoms with Crippen molar-refractivity contribution in [1.82, 2.24) is 14.9 Å². The predicted molar refractivity (Wildman–Crippen MR) is 152 cm³/mol. The van der Waals surface area contributed by atoms with Crippen molar-refractivity contribution in [3.8, 4) is 11.3 Å². The van der Waals surface area contributed by atoms with E-state index >= 15 is 0 Å². The van der Waals surface area contributed by atoms with Crippen LogP contribution >= 0.6 is 12.4 Å². The number of benzene rings is 3. The van der Waals surface area contributed by atoms with Gasteiger partial charge in [-0.15, -0.1) is 12.4 Å². The second-order valence-electron chi connectivity index (χ2n) is 9.77. The van der Waals surface area contributed by atoms with Crippen molar-refractivity contribution in [2.45, 2.75) is 38.5 Å². The summed E-state index contributed by atoms with van der Waals surface area (Å²) in [4.78, 5) is 11.6. The highest BCUT2D eigenvalue weighted by Crippen LogP contribution is 2.42. The van der Waals surface area contributed by atoms with Gasteiger partial charge in [0.1, 0.15) is 11.6 Å². The van der Waals surface area contributed by atoms with Crippen LogP contribution in [0.25, 0.3) is 11.3 Å². The highest BCUT2D eigenvalue weighted by atomic mass is 35.5. The van der Waals surface area contributed by atoms with Gasteiger partial charge in [-0.05, 0) is 79.4 Å². The Labute approximate surface area is 229 Å². The molecule has 5 rings (SSSR count). The molecule has 7 heteroatoms. The van der Waals surface area contributed by atoms with E-state index < -0.39 is 0 Å². The second kappa shape index (κ2) is 12.5. The molecule has 0 radical (unpaired) electrons. The Balaban J connectivity index is 0.00000336. The number of likely N-dealkylation sites (N-methyl/N-ethyl adjacent to an activating group) is 1. The van der Waals surface area contributed by atoms with Gasteiger partial charge < -0.3 is 10.2 Å². The zero-order valence-electron chi connectivity index (χ0n) is 21.8. The van der Waals surface area contributed by atoms with Crippen molar-refractivity contribution < 1.29 is 8.78 Å². The van der Waals surface area contributed by atoms with Crippen LogP contribution < -0.4 is 5.32 Å². The van der Waals surface area contributed by atoms with Crippen molar-refractivity contribution in [2.75, 3.05) is 25.5 Å². The number of aromatic nitrogens is 2. The SMILES string of the molecule is CCCCN(C)CCc1cc(Nc2ncc3c(n2)-c2ccccc2[C@H](c2ccccc2F)C3)ccc1F.Cl. The molecule has 38 heavy (non-hydrogen) atoms. The molecule has 0 saturated carbocycles. The van der Waals surface area contributed by atoms with Crippen LogP contribution in [0.3, 0.4) is 0 Å². The molecule has 0 amide bonds. The van der Waals surface area contributed by atoms with E-state index in [4.69, 9.17) is 4.98 Å². The third-order valence-electron chi connectivity index (χ3n) is 7.12. The summed E-state index contributed by atoms with van der Waals surface area (Å²) in [5, 5.41) is 3.26. The molecule has 1 aliphatic carbocycles. The van der Waals surface area contributed by atoms with Gasteiger partial charge in [0, 0.05) is 29.9 Å². The minimum atomic E-state index is -0.200. The van der Waals surface area contributed by atoms with Crippen molar-refractivity contribution in [3.63, 3.8) is 0 Å². The number of hydrogen-bond donors (Lipinski definition) is 1. The lowest BCUT2D eigenvalue weighted by Crippen LogP contribution is -2.22. The Hall–Kier alpha value is -3.35. The maximum atomic E-state index is 14.7. The molecule has 0 bridgehead atoms. The highest BCUT2D eigenvalue weighted by Gasteiger charge is 2.29. The average molecular weight is 535 g/mol. The van der Waals surface area contributed by atoms with Crippen LogP contribution in [0.2, 0.25) is 0 Å². The molecule has 1 heterocycles. The van der Waals surface area contributed by atoms with E-state index in [9.17, 15) is 8.78 Å². The van der Waals surface area contributed by atoms with Crippen LogP contribution in [-0.2, 0) is 12.8 Å². The van der Waals surface area contributed by atoms with Crippen LogP contribution in [0.5, 0.6) is 0 Å².